The number of aromatic nitrogens is 1. The van der Waals surface area contributed by atoms with E-state index in [1.165, 1.54) is 11.3 Å². The fraction of sp³-hybridized carbons (Fsp3) is 0.571. The first kappa shape index (κ1) is 19.7. The van der Waals surface area contributed by atoms with Gasteiger partial charge in [-0.15, -0.1) is 11.3 Å². The van der Waals surface area contributed by atoms with Crippen molar-refractivity contribution in [3.63, 3.8) is 0 Å². The van der Waals surface area contributed by atoms with Crippen LogP contribution < -0.4 is 10.6 Å². The highest BCUT2D eigenvalue weighted by atomic mass is 32.1. The van der Waals surface area contributed by atoms with E-state index in [1.807, 2.05) is 6.92 Å². The van der Waals surface area contributed by atoms with Crippen LogP contribution in [0.5, 0.6) is 0 Å². The van der Waals surface area contributed by atoms with E-state index >= 15 is 0 Å². The molecule has 1 aromatic heterocycles. The maximum absolute atomic E-state index is 11.6. The first-order valence-electron chi connectivity index (χ1n) is 7.11. The normalized spacial score (nSPS) is 12.2. The molecule has 24 heavy (non-hydrogen) atoms. The number of rotatable bonds is 6. The Morgan fingerprint density at radius 1 is 1.33 bits per heavy atom. The van der Waals surface area contributed by atoms with Gasteiger partial charge >= 0.3 is 18.2 Å². The molecule has 0 aliphatic heterocycles. The van der Waals surface area contributed by atoms with Gasteiger partial charge in [0, 0.05) is 11.1 Å². The molecule has 0 saturated carbocycles. The summed E-state index contributed by atoms with van der Waals surface area (Å²) in [7, 11) is 0. The van der Waals surface area contributed by atoms with E-state index in [0.717, 1.165) is 5.69 Å². The lowest BCUT2D eigenvalue weighted by Gasteiger charge is -2.21. The summed E-state index contributed by atoms with van der Waals surface area (Å²) in [5.74, 6) is -1.31. The molecule has 0 spiro atoms. The average molecular weight is 359 g/mol. The zero-order valence-electron chi connectivity index (χ0n) is 13.9. The Labute approximate surface area is 143 Å². The van der Waals surface area contributed by atoms with Crippen LogP contribution in [0.25, 0.3) is 0 Å². The summed E-state index contributed by atoms with van der Waals surface area (Å²) in [6.07, 6.45) is -1.69. The maximum atomic E-state index is 11.6. The van der Waals surface area contributed by atoms with Gasteiger partial charge in [0.05, 0.1) is 6.54 Å². The third-order valence-electron chi connectivity index (χ3n) is 2.43. The Bertz CT molecular complexity index is 596. The second-order valence-electron chi connectivity index (χ2n) is 5.88. The number of ether oxygens (including phenoxy) is 2. The molecule has 0 fully saturated rings. The van der Waals surface area contributed by atoms with Crippen LogP contribution in [0.1, 0.15) is 31.5 Å². The van der Waals surface area contributed by atoms with Crippen molar-refractivity contribution in [2.45, 2.75) is 45.9 Å². The van der Waals surface area contributed by atoms with Crippen molar-refractivity contribution in [1.82, 2.24) is 15.6 Å². The van der Waals surface area contributed by atoms with Crippen molar-refractivity contribution in [3.05, 3.63) is 16.1 Å². The summed E-state index contributed by atoms with van der Waals surface area (Å²) >= 11 is 1.33. The van der Waals surface area contributed by atoms with Crippen molar-refractivity contribution in [2.75, 3.05) is 6.54 Å². The molecule has 0 unspecified atom stereocenters. The van der Waals surface area contributed by atoms with E-state index in [-0.39, 0.29) is 13.2 Å². The minimum atomic E-state index is -1.34. The Kier molecular flexibility index (Phi) is 6.96. The molecular formula is C14H21N3O6S. The highest BCUT2D eigenvalue weighted by Crippen LogP contribution is 2.09. The number of thiazole rings is 1. The quantitative estimate of drug-likeness (QED) is 0.705. The molecule has 0 bridgehead atoms. The number of hydrogen-bond donors (Lipinski definition) is 3. The molecule has 0 saturated heterocycles. The number of nitrogens with one attached hydrogen (secondary N) is 2. The van der Waals surface area contributed by atoms with Crippen molar-refractivity contribution >= 4 is 29.5 Å². The molecule has 10 heteroatoms. The van der Waals surface area contributed by atoms with Gasteiger partial charge in [-0.25, -0.2) is 19.4 Å². The Balaban J connectivity index is 2.43. The molecule has 3 N–H and O–H groups in total. The van der Waals surface area contributed by atoms with Gasteiger partial charge in [0.15, 0.2) is 0 Å². The Morgan fingerprint density at radius 2 is 2.00 bits per heavy atom. The molecule has 0 radical (unpaired) electrons. The lowest BCUT2D eigenvalue weighted by Crippen LogP contribution is -2.49. The predicted octanol–water partition coefficient (Wildman–Crippen LogP) is 1.66. The van der Waals surface area contributed by atoms with Gasteiger partial charge in [0.1, 0.15) is 23.3 Å². The number of carbonyl (C=O) groups excluding carboxylic acids is 2. The van der Waals surface area contributed by atoms with Crippen LogP contribution in [0, 0.1) is 6.92 Å². The third kappa shape index (κ3) is 7.77. The number of nitrogens with zero attached hydrogens (tertiary/aromatic N) is 1. The fourth-order valence-corrected chi connectivity index (χ4v) is 2.16. The highest BCUT2D eigenvalue weighted by Gasteiger charge is 2.23. The standard InChI is InChI=1S/C14H21N3O6S/c1-8-7-24-10(16-8)6-22-13(21)17-9(11(18)19)5-15-12(20)23-14(2,3)4/h7,9H,5-6H2,1-4H3,(H,15,20)(H,17,21)(H,18,19)/t9-/m0/s1. The minimum Gasteiger partial charge on any atom is -0.480 e. The molecule has 134 valence electrons. The number of amides is 2. The van der Waals surface area contributed by atoms with Crippen LogP contribution in [0.4, 0.5) is 9.59 Å². The van der Waals surface area contributed by atoms with Crippen LogP contribution in [-0.4, -0.2) is 46.4 Å². The highest BCUT2D eigenvalue weighted by molar-refractivity contribution is 7.09. The van der Waals surface area contributed by atoms with Gasteiger partial charge < -0.3 is 25.2 Å². The lowest BCUT2D eigenvalue weighted by atomic mass is 10.2. The summed E-state index contributed by atoms with van der Waals surface area (Å²) < 4.78 is 9.89. The van der Waals surface area contributed by atoms with Crippen LogP contribution in [0.3, 0.4) is 0 Å². The second kappa shape index (κ2) is 8.48. The summed E-state index contributed by atoms with van der Waals surface area (Å²) in [4.78, 5) is 38.4. The van der Waals surface area contributed by atoms with Crippen molar-refractivity contribution in [1.29, 1.82) is 0 Å². The van der Waals surface area contributed by atoms with Crippen molar-refractivity contribution in [2.24, 2.45) is 0 Å². The Hall–Kier alpha value is -2.36. The number of aryl methyl sites for hydroxylation is 1. The summed E-state index contributed by atoms with van der Waals surface area (Å²) in [6, 6.07) is -1.34. The van der Waals surface area contributed by atoms with Gasteiger partial charge in [0.2, 0.25) is 0 Å². The molecular weight excluding hydrogens is 338 g/mol. The molecule has 9 nitrogen and oxygen atoms in total. The molecule has 0 aliphatic rings. The molecule has 0 aromatic carbocycles. The molecule has 1 rings (SSSR count). The Morgan fingerprint density at radius 3 is 2.50 bits per heavy atom. The van der Waals surface area contributed by atoms with Gasteiger partial charge in [0.25, 0.3) is 0 Å². The monoisotopic (exact) mass is 359 g/mol. The smallest absolute Gasteiger partial charge is 0.408 e. The predicted molar refractivity (Wildman–Crippen MR) is 85.8 cm³/mol. The van der Waals surface area contributed by atoms with Gasteiger partial charge in [-0.3, -0.25) is 0 Å². The maximum Gasteiger partial charge on any atom is 0.408 e. The molecule has 1 atom stereocenters. The topological polar surface area (TPSA) is 127 Å². The molecule has 1 aromatic rings. The van der Waals surface area contributed by atoms with Crippen molar-refractivity contribution < 1.29 is 29.0 Å². The molecule has 0 aliphatic carbocycles. The molecule has 1 heterocycles. The zero-order chi connectivity index (χ0) is 18.3. The van der Waals surface area contributed by atoms with Crippen LogP contribution in [-0.2, 0) is 20.9 Å². The number of carboxylic acid groups (broad SMARTS) is 1. The van der Waals surface area contributed by atoms with Crippen LogP contribution >= 0.6 is 11.3 Å². The summed E-state index contributed by atoms with van der Waals surface area (Å²) in [6.45, 7) is 6.44. The fourth-order valence-electron chi connectivity index (χ4n) is 1.48. The van der Waals surface area contributed by atoms with Gasteiger partial charge in [-0.05, 0) is 27.7 Å². The average Bonchev–Trinajstić information content (AvgIpc) is 2.84. The van der Waals surface area contributed by atoms with E-state index in [0.29, 0.717) is 5.01 Å². The SMILES string of the molecule is Cc1csc(COC(=O)N[C@@H](CNC(=O)OC(C)(C)C)C(=O)O)n1. The van der Waals surface area contributed by atoms with Gasteiger partial charge in [-0.1, -0.05) is 0 Å². The van der Waals surface area contributed by atoms with E-state index in [9.17, 15) is 14.4 Å². The van der Waals surface area contributed by atoms with E-state index in [2.05, 4.69) is 15.6 Å². The number of alkyl carbamates (subject to hydrolysis) is 2. The van der Waals surface area contributed by atoms with Crippen LogP contribution in [0.2, 0.25) is 0 Å². The number of aliphatic carboxylic acids is 1. The number of hydrogen-bond acceptors (Lipinski definition) is 7. The van der Waals surface area contributed by atoms with Crippen molar-refractivity contribution in [3.8, 4) is 0 Å². The van der Waals surface area contributed by atoms with Gasteiger partial charge in [-0.2, -0.15) is 0 Å². The first-order chi connectivity index (χ1) is 11.1. The number of carbonyl (C=O) groups is 3. The summed E-state index contributed by atoms with van der Waals surface area (Å²) in [5.41, 5.74) is 0.102. The number of carboxylic acids is 1. The van der Waals surface area contributed by atoms with Crippen LogP contribution in [0.15, 0.2) is 5.38 Å². The first-order valence-corrected chi connectivity index (χ1v) is 7.99. The minimum absolute atomic E-state index is 0.0594. The van der Waals surface area contributed by atoms with E-state index in [1.54, 1.807) is 26.2 Å². The zero-order valence-corrected chi connectivity index (χ0v) is 14.7. The second-order valence-corrected chi connectivity index (χ2v) is 6.82. The lowest BCUT2D eigenvalue weighted by molar-refractivity contribution is -0.139. The summed E-state index contributed by atoms with van der Waals surface area (Å²) in [5, 5.41) is 15.9. The van der Waals surface area contributed by atoms with E-state index < -0.39 is 29.8 Å². The third-order valence-corrected chi connectivity index (χ3v) is 3.37. The largest absolute Gasteiger partial charge is 0.480 e. The molecule has 2 amide bonds. The van der Waals surface area contributed by atoms with E-state index in [4.69, 9.17) is 14.6 Å².